The maximum Gasteiger partial charge on any atom is 0.109 e. The van der Waals surface area contributed by atoms with Gasteiger partial charge in [-0.05, 0) is 0 Å². The summed E-state index contributed by atoms with van der Waals surface area (Å²) in [6.07, 6.45) is 0. The van der Waals surface area contributed by atoms with Crippen molar-refractivity contribution >= 4 is 0 Å². The quantitative estimate of drug-likeness (QED) is 0.504. The van der Waals surface area contributed by atoms with Gasteiger partial charge in [0, 0.05) is 7.11 Å². The van der Waals surface area contributed by atoms with Gasteiger partial charge >= 0.3 is 0 Å². The lowest BCUT2D eigenvalue weighted by Gasteiger charge is -2.02. The summed E-state index contributed by atoms with van der Waals surface area (Å²) in [5.41, 5.74) is 0. The van der Waals surface area contributed by atoms with Crippen LogP contribution in [0.5, 0.6) is 0 Å². The molecule has 0 rings (SSSR count). The summed E-state index contributed by atoms with van der Waals surface area (Å²) >= 11 is 0. The zero-order valence-corrected chi connectivity index (χ0v) is 6.78. The third kappa shape index (κ3) is 9.84. The number of methoxy groups -OCH3 is 1. The van der Waals surface area contributed by atoms with Crippen LogP contribution in [0.2, 0.25) is 0 Å². The molecule has 1 radical (unpaired) electrons. The van der Waals surface area contributed by atoms with Gasteiger partial charge in [-0.1, -0.05) is 0 Å². The van der Waals surface area contributed by atoms with E-state index in [9.17, 15) is 0 Å². The maximum absolute atomic E-state index is 8.31. The van der Waals surface area contributed by atoms with E-state index < -0.39 is 0 Å². The van der Waals surface area contributed by atoms with Crippen LogP contribution in [-0.2, 0) is 14.2 Å². The third-order valence-electron chi connectivity index (χ3n) is 0.945. The molecule has 0 aromatic carbocycles. The van der Waals surface area contributed by atoms with Crippen LogP contribution in [0.1, 0.15) is 0 Å². The van der Waals surface area contributed by atoms with Crippen molar-refractivity contribution in [3.63, 3.8) is 0 Å². The van der Waals surface area contributed by atoms with Gasteiger partial charge in [0.05, 0.1) is 33.0 Å². The fourth-order valence-electron chi connectivity index (χ4n) is 0.459. The Hall–Kier alpha value is -0.160. The highest BCUT2D eigenvalue weighted by Gasteiger charge is 1.88. The molecule has 0 unspecified atom stereocenters. The van der Waals surface area contributed by atoms with Crippen LogP contribution in [0.25, 0.3) is 0 Å². The fourth-order valence-corrected chi connectivity index (χ4v) is 0.459. The van der Waals surface area contributed by atoms with Crippen molar-refractivity contribution in [2.24, 2.45) is 0 Å². The normalized spacial score (nSPS) is 10.4. The first kappa shape index (κ1) is 10.8. The molecule has 0 heterocycles. The monoisotopic (exact) mass is 163 g/mol. The molecule has 4 nitrogen and oxygen atoms in total. The van der Waals surface area contributed by atoms with Crippen LogP contribution in [0.15, 0.2) is 0 Å². The van der Waals surface area contributed by atoms with Crippen LogP contribution < -0.4 is 0 Å². The van der Waals surface area contributed by atoms with Gasteiger partial charge in [0.2, 0.25) is 0 Å². The summed E-state index contributed by atoms with van der Waals surface area (Å²) in [6.45, 7) is 3.48. The Bertz CT molecular complexity index is 59.5. The highest BCUT2D eigenvalue weighted by molar-refractivity contribution is 4.46. The first-order valence-corrected chi connectivity index (χ1v) is 3.52. The zero-order valence-electron chi connectivity index (χ0n) is 6.78. The number of rotatable bonds is 8. The first-order valence-electron chi connectivity index (χ1n) is 3.52. The Labute approximate surface area is 67.1 Å². The molecule has 0 aliphatic heterocycles. The number of hydrogen-bond acceptors (Lipinski definition) is 4. The van der Waals surface area contributed by atoms with E-state index in [2.05, 4.69) is 0 Å². The summed E-state index contributed by atoms with van der Waals surface area (Å²) in [7, 11) is 1.62. The molecule has 0 aliphatic rings. The predicted molar refractivity (Wildman–Crippen MR) is 40.0 cm³/mol. The Morgan fingerprint density at radius 1 is 1.27 bits per heavy atom. The lowest BCUT2D eigenvalue weighted by atomic mass is 10.7. The van der Waals surface area contributed by atoms with E-state index in [-0.39, 0.29) is 6.61 Å². The maximum atomic E-state index is 8.31. The summed E-state index contributed by atoms with van der Waals surface area (Å²) < 4.78 is 14.6. The van der Waals surface area contributed by atoms with E-state index in [1.807, 2.05) is 0 Å². The molecule has 0 amide bonds. The SMILES string of the molecule is COCCO[CH]COCCO. The molecule has 0 saturated carbocycles. The minimum absolute atomic E-state index is 0.0475. The standard InChI is InChI=1S/C7H15O4/c1-9-4-5-11-7-6-10-3-2-8/h7-8H,2-6H2,1H3. The van der Waals surface area contributed by atoms with Crippen molar-refractivity contribution in [2.45, 2.75) is 0 Å². The molecule has 0 spiro atoms. The van der Waals surface area contributed by atoms with E-state index in [0.29, 0.717) is 26.4 Å². The Morgan fingerprint density at radius 3 is 2.73 bits per heavy atom. The van der Waals surface area contributed by atoms with Crippen molar-refractivity contribution in [3.05, 3.63) is 6.61 Å². The summed E-state index contributed by atoms with van der Waals surface area (Å²) in [4.78, 5) is 0. The van der Waals surface area contributed by atoms with Crippen LogP contribution in [0, 0.1) is 6.61 Å². The molecule has 0 bridgehead atoms. The second-order valence-electron chi connectivity index (χ2n) is 1.83. The van der Waals surface area contributed by atoms with Crippen LogP contribution in [0.3, 0.4) is 0 Å². The molecule has 0 fully saturated rings. The second kappa shape index (κ2) is 9.84. The van der Waals surface area contributed by atoms with E-state index in [1.54, 1.807) is 13.7 Å². The highest BCUT2D eigenvalue weighted by atomic mass is 16.5. The molecule has 67 valence electrons. The van der Waals surface area contributed by atoms with Gasteiger partial charge in [0.15, 0.2) is 0 Å². The van der Waals surface area contributed by atoms with Gasteiger partial charge in [0.25, 0.3) is 0 Å². The van der Waals surface area contributed by atoms with E-state index in [4.69, 9.17) is 19.3 Å². The Balaban J connectivity index is 2.69. The second-order valence-corrected chi connectivity index (χ2v) is 1.83. The fraction of sp³-hybridized carbons (Fsp3) is 0.857. The molecular formula is C7H15O4. The minimum Gasteiger partial charge on any atom is -0.394 e. The van der Waals surface area contributed by atoms with Gasteiger partial charge in [-0.3, -0.25) is 0 Å². The number of aliphatic hydroxyl groups is 1. The number of hydrogen-bond donors (Lipinski definition) is 1. The Morgan fingerprint density at radius 2 is 2.09 bits per heavy atom. The zero-order chi connectivity index (χ0) is 8.36. The third-order valence-corrected chi connectivity index (χ3v) is 0.945. The lowest BCUT2D eigenvalue weighted by molar-refractivity contribution is 0.0499. The average molecular weight is 163 g/mol. The van der Waals surface area contributed by atoms with Gasteiger partial charge in [-0.25, -0.2) is 0 Å². The number of aliphatic hydroxyl groups excluding tert-OH is 1. The molecule has 0 saturated heterocycles. The lowest BCUT2D eigenvalue weighted by Crippen LogP contribution is -2.05. The van der Waals surface area contributed by atoms with Gasteiger partial charge in [-0.2, -0.15) is 0 Å². The predicted octanol–water partition coefficient (Wildman–Crippen LogP) is -0.180. The van der Waals surface area contributed by atoms with Crippen LogP contribution in [0.4, 0.5) is 0 Å². The molecule has 0 aromatic rings. The van der Waals surface area contributed by atoms with Gasteiger partial charge in [-0.15, -0.1) is 0 Å². The largest absolute Gasteiger partial charge is 0.394 e. The Kier molecular flexibility index (Phi) is 9.70. The van der Waals surface area contributed by atoms with Crippen molar-refractivity contribution < 1.29 is 19.3 Å². The molecular weight excluding hydrogens is 148 g/mol. The number of ether oxygens (including phenoxy) is 3. The van der Waals surface area contributed by atoms with Crippen molar-refractivity contribution in [3.8, 4) is 0 Å². The van der Waals surface area contributed by atoms with Crippen LogP contribution >= 0.6 is 0 Å². The molecule has 0 atom stereocenters. The average Bonchev–Trinajstić information content (AvgIpc) is 2.03. The van der Waals surface area contributed by atoms with Crippen molar-refractivity contribution in [2.75, 3.05) is 40.1 Å². The molecule has 1 N–H and O–H groups in total. The van der Waals surface area contributed by atoms with Gasteiger partial charge in [0.1, 0.15) is 6.61 Å². The summed E-state index contributed by atoms with van der Waals surface area (Å²) in [5, 5.41) is 8.31. The van der Waals surface area contributed by atoms with E-state index in [0.717, 1.165) is 0 Å². The van der Waals surface area contributed by atoms with E-state index >= 15 is 0 Å². The van der Waals surface area contributed by atoms with Gasteiger partial charge < -0.3 is 19.3 Å². The minimum atomic E-state index is 0.0475. The highest BCUT2D eigenvalue weighted by Crippen LogP contribution is 1.83. The van der Waals surface area contributed by atoms with E-state index in [1.165, 1.54) is 0 Å². The summed E-state index contributed by atoms with van der Waals surface area (Å²) in [6, 6.07) is 0. The first-order chi connectivity index (χ1) is 5.41. The van der Waals surface area contributed by atoms with Crippen LogP contribution in [-0.4, -0.2) is 45.3 Å². The smallest absolute Gasteiger partial charge is 0.109 e. The van der Waals surface area contributed by atoms with Crippen molar-refractivity contribution in [1.29, 1.82) is 0 Å². The molecule has 0 aromatic heterocycles. The van der Waals surface area contributed by atoms with Crippen molar-refractivity contribution in [1.82, 2.24) is 0 Å². The molecule has 4 heteroatoms. The topological polar surface area (TPSA) is 47.9 Å². The summed E-state index contributed by atoms with van der Waals surface area (Å²) in [5.74, 6) is 0. The molecule has 11 heavy (non-hydrogen) atoms. The molecule has 0 aliphatic carbocycles.